The maximum absolute atomic E-state index is 12.2. The second kappa shape index (κ2) is 7.17. The van der Waals surface area contributed by atoms with Crippen LogP contribution in [0, 0.1) is 0 Å². The van der Waals surface area contributed by atoms with Crippen molar-refractivity contribution in [1.29, 1.82) is 0 Å². The Labute approximate surface area is 138 Å². The number of benzene rings is 2. The van der Waals surface area contributed by atoms with Crippen molar-refractivity contribution in [1.82, 2.24) is 0 Å². The van der Waals surface area contributed by atoms with Crippen LogP contribution >= 0.6 is 34.8 Å². The zero-order valence-electron chi connectivity index (χ0n) is 11.3. The normalized spacial score (nSPS) is 12.0. The van der Waals surface area contributed by atoms with Gasteiger partial charge in [0.25, 0.3) is 0 Å². The summed E-state index contributed by atoms with van der Waals surface area (Å²) in [4.78, 5) is 12.2. The molecule has 1 unspecified atom stereocenters. The number of halogens is 3. The van der Waals surface area contributed by atoms with Crippen LogP contribution in [0.2, 0.25) is 15.1 Å². The monoisotopic (exact) mass is 342 g/mol. The molecule has 0 aliphatic heterocycles. The van der Waals surface area contributed by atoms with Crippen LogP contribution in [0.5, 0.6) is 5.75 Å². The van der Waals surface area contributed by atoms with Crippen molar-refractivity contribution in [3.05, 3.63) is 63.1 Å². The molecule has 0 saturated carbocycles. The van der Waals surface area contributed by atoms with Crippen LogP contribution in [0.1, 0.15) is 12.5 Å². The molecule has 0 bridgehead atoms. The van der Waals surface area contributed by atoms with Gasteiger partial charge in [-0.3, -0.25) is 4.79 Å². The summed E-state index contributed by atoms with van der Waals surface area (Å²) in [6.45, 7) is 1.70. The lowest BCUT2D eigenvalue weighted by Crippen LogP contribution is -2.25. The first kappa shape index (κ1) is 16.2. The van der Waals surface area contributed by atoms with Crippen LogP contribution in [0.15, 0.2) is 42.5 Å². The van der Waals surface area contributed by atoms with Crippen molar-refractivity contribution in [3.8, 4) is 5.75 Å². The molecule has 0 heterocycles. The van der Waals surface area contributed by atoms with E-state index in [-0.39, 0.29) is 12.2 Å². The predicted molar refractivity (Wildman–Crippen MR) is 86.7 cm³/mol. The summed E-state index contributed by atoms with van der Waals surface area (Å²) in [6, 6.07) is 12.1. The Kier molecular flexibility index (Phi) is 5.51. The van der Waals surface area contributed by atoms with Gasteiger partial charge in [0.05, 0.1) is 10.0 Å². The van der Waals surface area contributed by atoms with Crippen molar-refractivity contribution < 1.29 is 9.53 Å². The van der Waals surface area contributed by atoms with Crippen LogP contribution in [0.25, 0.3) is 0 Å². The highest BCUT2D eigenvalue weighted by Crippen LogP contribution is 2.26. The van der Waals surface area contributed by atoms with Crippen molar-refractivity contribution in [2.24, 2.45) is 0 Å². The number of hydrogen-bond acceptors (Lipinski definition) is 2. The van der Waals surface area contributed by atoms with Crippen molar-refractivity contribution in [2.45, 2.75) is 19.4 Å². The summed E-state index contributed by atoms with van der Waals surface area (Å²) in [5.74, 6) is 0.472. The third-order valence-corrected chi connectivity index (χ3v) is 4.05. The zero-order valence-corrected chi connectivity index (χ0v) is 13.5. The van der Waals surface area contributed by atoms with E-state index in [0.29, 0.717) is 26.4 Å². The van der Waals surface area contributed by atoms with E-state index in [0.717, 1.165) is 0 Å². The predicted octanol–water partition coefficient (Wildman–Crippen LogP) is 5.23. The average Bonchev–Trinajstić information content (AvgIpc) is 2.44. The van der Waals surface area contributed by atoms with Gasteiger partial charge in [0.2, 0.25) is 0 Å². The third-order valence-electron chi connectivity index (χ3n) is 2.96. The van der Waals surface area contributed by atoms with Crippen LogP contribution in [-0.4, -0.2) is 11.9 Å². The lowest BCUT2D eigenvalue weighted by atomic mass is 10.1. The number of rotatable bonds is 5. The van der Waals surface area contributed by atoms with Crippen molar-refractivity contribution >= 4 is 40.6 Å². The molecule has 5 heteroatoms. The number of carbonyl (C=O) groups is 1. The minimum absolute atomic E-state index is 0.0841. The second-order valence-electron chi connectivity index (χ2n) is 4.57. The number of ketones is 1. The van der Waals surface area contributed by atoms with E-state index in [4.69, 9.17) is 39.5 Å². The highest BCUT2D eigenvalue weighted by atomic mass is 35.5. The molecule has 0 radical (unpaired) electrons. The molecule has 2 rings (SSSR count). The third kappa shape index (κ3) is 4.37. The minimum Gasteiger partial charge on any atom is -0.483 e. The Morgan fingerprint density at radius 2 is 1.86 bits per heavy atom. The van der Waals surface area contributed by atoms with Gasteiger partial charge in [-0.15, -0.1) is 0 Å². The standard InChI is InChI=1S/C16H13Cl3O2/c1-10(21-13-6-3-5-12(17)9-13)15(20)8-11-4-2-7-14(18)16(11)19/h2-7,9-10H,8H2,1H3. The van der Waals surface area contributed by atoms with E-state index in [9.17, 15) is 4.79 Å². The minimum atomic E-state index is -0.599. The van der Waals surface area contributed by atoms with Crippen LogP contribution in [0.4, 0.5) is 0 Å². The number of carbonyl (C=O) groups excluding carboxylic acids is 1. The van der Waals surface area contributed by atoms with E-state index in [1.807, 2.05) is 0 Å². The molecule has 0 amide bonds. The van der Waals surface area contributed by atoms with Gasteiger partial charge in [-0.05, 0) is 36.8 Å². The molecule has 21 heavy (non-hydrogen) atoms. The quantitative estimate of drug-likeness (QED) is 0.743. The molecule has 2 aromatic rings. The number of hydrogen-bond donors (Lipinski definition) is 0. The average molecular weight is 344 g/mol. The molecule has 0 aromatic heterocycles. The summed E-state index contributed by atoms with van der Waals surface area (Å²) in [7, 11) is 0. The lowest BCUT2D eigenvalue weighted by molar-refractivity contribution is -0.124. The van der Waals surface area contributed by atoms with E-state index >= 15 is 0 Å². The number of Topliss-reactive ketones (excluding diaryl/α,β-unsaturated/α-hetero) is 1. The van der Waals surface area contributed by atoms with E-state index < -0.39 is 6.10 Å². The summed E-state index contributed by atoms with van der Waals surface area (Å²) in [6.07, 6.45) is -0.431. The van der Waals surface area contributed by atoms with Crippen LogP contribution in [-0.2, 0) is 11.2 Å². The van der Waals surface area contributed by atoms with Crippen molar-refractivity contribution in [3.63, 3.8) is 0 Å². The molecule has 0 aliphatic carbocycles. The molecule has 0 saturated heterocycles. The number of ether oxygens (including phenoxy) is 1. The highest BCUT2D eigenvalue weighted by molar-refractivity contribution is 6.42. The highest BCUT2D eigenvalue weighted by Gasteiger charge is 2.17. The van der Waals surface area contributed by atoms with Crippen LogP contribution in [0.3, 0.4) is 0 Å². The fourth-order valence-corrected chi connectivity index (χ4v) is 2.39. The Bertz CT molecular complexity index is 656. The SMILES string of the molecule is CC(Oc1cccc(Cl)c1)C(=O)Cc1cccc(Cl)c1Cl. The Morgan fingerprint density at radius 3 is 2.57 bits per heavy atom. The van der Waals surface area contributed by atoms with Crippen molar-refractivity contribution in [2.75, 3.05) is 0 Å². The van der Waals surface area contributed by atoms with E-state index in [2.05, 4.69) is 0 Å². The molecule has 0 N–H and O–H groups in total. The molecule has 0 fully saturated rings. The zero-order chi connectivity index (χ0) is 15.4. The first-order valence-electron chi connectivity index (χ1n) is 6.35. The molecule has 1 atom stereocenters. The van der Waals surface area contributed by atoms with Gasteiger partial charge in [-0.25, -0.2) is 0 Å². The Hall–Kier alpha value is -1.22. The first-order valence-corrected chi connectivity index (χ1v) is 7.48. The Balaban J connectivity index is 2.04. The summed E-state index contributed by atoms with van der Waals surface area (Å²) < 4.78 is 5.59. The molecular weight excluding hydrogens is 331 g/mol. The van der Waals surface area contributed by atoms with Gasteiger partial charge in [-0.2, -0.15) is 0 Å². The maximum Gasteiger partial charge on any atom is 0.177 e. The summed E-state index contributed by atoms with van der Waals surface area (Å²) in [5.41, 5.74) is 0.690. The second-order valence-corrected chi connectivity index (χ2v) is 5.80. The summed E-state index contributed by atoms with van der Waals surface area (Å²) in [5, 5.41) is 1.40. The first-order chi connectivity index (χ1) is 9.97. The smallest absolute Gasteiger partial charge is 0.177 e. The fraction of sp³-hybridized carbons (Fsp3) is 0.188. The fourth-order valence-electron chi connectivity index (χ4n) is 1.83. The summed E-state index contributed by atoms with van der Waals surface area (Å²) >= 11 is 17.9. The molecule has 0 aliphatic rings. The van der Waals surface area contributed by atoms with Gasteiger partial charge in [-0.1, -0.05) is 53.0 Å². The van der Waals surface area contributed by atoms with Gasteiger partial charge in [0.1, 0.15) is 5.75 Å². The largest absolute Gasteiger partial charge is 0.483 e. The van der Waals surface area contributed by atoms with Gasteiger partial charge < -0.3 is 4.74 Å². The topological polar surface area (TPSA) is 26.3 Å². The van der Waals surface area contributed by atoms with Gasteiger partial charge in [0, 0.05) is 11.4 Å². The van der Waals surface area contributed by atoms with E-state index in [1.54, 1.807) is 49.4 Å². The molecule has 2 nitrogen and oxygen atoms in total. The Morgan fingerprint density at radius 1 is 1.14 bits per heavy atom. The van der Waals surface area contributed by atoms with Crippen LogP contribution < -0.4 is 4.74 Å². The van der Waals surface area contributed by atoms with E-state index in [1.165, 1.54) is 0 Å². The van der Waals surface area contributed by atoms with Gasteiger partial charge >= 0.3 is 0 Å². The molecular formula is C16H13Cl3O2. The molecule has 2 aromatic carbocycles. The molecule has 0 spiro atoms. The maximum atomic E-state index is 12.2. The lowest BCUT2D eigenvalue weighted by Gasteiger charge is -2.14. The molecule has 110 valence electrons. The van der Waals surface area contributed by atoms with Gasteiger partial charge in [0.15, 0.2) is 11.9 Å².